The van der Waals surface area contributed by atoms with Gasteiger partial charge in [-0.2, -0.15) is 0 Å². The maximum absolute atomic E-state index is 8.32. The Bertz CT molecular complexity index is 202. The molecule has 4 N–H and O–H groups in total. The number of nitrogens with two attached hydrogens (primary N) is 1. The molecule has 1 fully saturated rings. The lowest BCUT2D eigenvalue weighted by Gasteiger charge is -2.14. The van der Waals surface area contributed by atoms with E-state index >= 15 is 0 Å². The maximum Gasteiger partial charge on any atom is 0.153 e. The van der Waals surface area contributed by atoms with Gasteiger partial charge < -0.3 is 21.0 Å². The van der Waals surface area contributed by atoms with Crippen LogP contribution in [-0.4, -0.2) is 37.8 Å². The SMILES string of the molecule is COCCC1(CNCC(N)=NO)CC1. The predicted octanol–water partition coefficient (Wildman–Crippen LogP) is 0.139. The van der Waals surface area contributed by atoms with Crippen molar-refractivity contribution >= 4 is 5.84 Å². The van der Waals surface area contributed by atoms with Crippen molar-refractivity contribution in [1.82, 2.24) is 5.32 Å². The fourth-order valence-corrected chi connectivity index (χ4v) is 1.50. The standard InChI is InChI=1S/C9H19N3O2/c1-14-5-4-9(2-3-9)7-11-6-8(10)12-13/h11,13H,2-7H2,1H3,(H2,10,12). The minimum Gasteiger partial charge on any atom is -0.409 e. The van der Waals surface area contributed by atoms with Gasteiger partial charge in [0.15, 0.2) is 5.84 Å². The lowest BCUT2D eigenvalue weighted by atomic mass is 10.0. The molecule has 14 heavy (non-hydrogen) atoms. The molecule has 0 bridgehead atoms. The maximum atomic E-state index is 8.32. The molecule has 0 aromatic carbocycles. The van der Waals surface area contributed by atoms with Crippen LogP contribution in [0.25, 0.3) is 0 Å². The fourth-order valence-electron chi connectivity index (χ4n) is 1.50. The Morgan fingerprint density at radius 3 is 2.86 bits per heavy atom. The second-order valence-electron chi connectivity index (χ2n) is 3.94. The second kappa shape index (κ2) is 5.17. The molecule has 0 spiro atoms. The van der Waals surface area contributed by atoms with Crippen LogP contribution in [0.1, 0.15) is 19.3 Å². The van der Waals surface area contributed by atoms with E-state index < -0.39 is 0 Å². The molecule has 0 heterocycles. The highest BCUT2D eigenvalue weighted by molar-refractivity contribution is 5.81. The highest BCUT2D eigenvalue weighted by atomic mass is 16.5. The van der Waals surface area contributed by atoms with Crippen molar-refractivity contribution in [1.29, 1.82) is 0 Å². The lowest BCUT2D eigenvalue weighted by Crippen LogP contribution is -2.33. The number of hydrogen-bond donors (Lipinski definition) is 3. The fraction of sp³-hybridized carbons (Fsp3) is 0.889. The van der Waals surface area contributed by atoms with E-state index in [0.29, 0.717) is 12.0 Å². The van der Waals surface area contributed by atoms with E-state index in [1.165, 1.54) is 12.8 Å². The highest BCUT2D eigenvalue weighted by Gasteiger charge is 2.41. The van der Waals surface area contributed by atoms with E-state index in [0.717, 1.165) is 19.6 Å². The molecule has 0 aromatic rings. The zero-order valence-corrected chi connectivity index (χ0v) is 8.62. The molecule has 0 amide bonds. The molecule has 1 aliphatic rings. The molecule has 0 aliphatic heterocycles. The summed E-state index contributed by atoms with van der Waals surface area (Å²) >= 11 is 0. The number of methoxy groups -OCH3 is 1. The Hall–Kier alpha value is -0.810. The number of amidine groups is 1. The third-order valence-electron chi connectivity index (χ3n) is 2.73. The summed E-state index contributed by atoms with van der Waals surface area (Å²) in [5, 5.41) is 14.4. The smallest absolute Gasteiger partial charge is 0.153 e. The van der Waals surface area contributed by atoms with Crippen LogP contribution < -0.4 is 11.1 Å². The highest BCUT2D eigenvalue weighted by Crippen LogP contribution is 2.48. The van der Waals surface area contributed by atoms with Gasteiger partial charge in [0, 0.05) is 20.3 Å². The van der Waals surface area contributed by atoms with Gasteiger partial charge in [-0.3, -0.25) is 0 Å². The largest absolute Gasteiger partial charge is 0.409 e. The molecule has 5 heteroatoms. The third-order valence-corrected chi connectivity index (χ3v) is 2.73. The average molecular weight is 201 g/mol. The Labute approximate surface area is 84.3 Å². The van der Waals surface area contributed by atoms with Crippen molar-refractivity contribution in [2.24, 2.45) is 16.3 Å². The number of ether oxygens (including phenoxy) is 1. The summed E-state index contributed by atoms with van der Waals surface area (Å²) in [4.78, 5) is 0. The molecule has 1 rings (SSSR count). The van der Waals surface area contributed by atoms with Crippen LogP contribution >= 0.6 is 0 Å². The van der Waals surface area contributed by atoms with E-state index in [2.05, 4.69) is 10.5 Å². The average Bonchev–Trinajstić information content (AvgIpc) is 2.95. The van der Waals surface area contributed by atoms with Crippen LogP contribution in [-0.2, 0) is 4.74 Å². The van der Waals surface area contributed by atoms with Gasteiger partial charge in [0.25, 0.3) is 0 Å². The van der Waals surface area contributed by atoms with Crippen molar-refractivity contribution in [3.63, 3.8) is 0 Å². The van der Waals surface area contributed by atoms with Gasteiger partial charge >= 0.3 is 0 Å². The number of nitrogens with one attached hydrogen (secondary N) is 1. The summed E-state index contributed by atoms with van der Waals surface area (Å²) in [6.45, 7) is 2.18. The van der Waals surface area contributed by atoms with Crippen LogP contribution in [0.2, 0.25) is 0 Å². The zero-order chi connectivity index (χ0) is 10.4. The van der Waals surface area contributed by atoms with Crippen molar-refractivity contribution in [2.75, 3.05) is 26.8 Å². The van der Waals surface area contributed by atoms with Crippen LogP contribution in [0, 0.1) is 5.41 Å². The predicted molar refractivity (Wildman–Crippen MR) is 54.4 cm³/mol. The molecule has 82 valence electrons. The first-order chi connectivity index (χ1) is 6.72. The molecule has 1 aliphatic carbocycles. The van der Waals surface area contributed by atoms with E-state index in [1.54, 1.807) is 7.11 Å². The molecular weight excluding hydrogens is 182 g/mol. The number of oxime groups is 1. The van der Waals surface area contributed by atoms with Crippen molar-refractivity contribution < 1.29 is 9.94 Å². The van der Waals surface area contributed by atoms with Gasteiger partial charge in [0.1, 0.15) is 0 Å². The summed E-state index contributed by atoms with van der Waals surface area (Å²) in [5.74, 6) is 0.229. The Kier molecular flexibility index (Phi) is 4.16. The number of rotatable bonds is 7. The summed E-state index contributed by atoms with van der Waals surface area (Å²) in [7, 11) is 1.72. The Balaban J connectivity index is 2.11. The van der Waals surface area contributed by atoms with Crippen LogP contribution in [0.15, 0.2) is 5.16 Å². The lowest BCUT2D eigenvalue weighted by molar-refractivity contribution is 0.171. The second-order valence-corrected chi connectivity index (χ2v) is 3.94. The third kappa shape index (κ3) is 3.51. The molecular formula is C9H19N3O2. The van der Waals surface area contributed by atoms with E-state index in [9.17, 15) is 0 Å². The summed E-state index contributed by atoms with van der Waals surface area (Å²) in [6, 6.07) is 0. The molecule has 0 radical (unpaired) electrons. The topological polar surface area (TPSA) is 79.9 Å². The van der Waals surface area contributed by atoms with Gasteiger partial charge in [-0.25, -0.2) is 0 Å². The van der Waals surface area contributed by atoms with Crippen LogP contribution in [0.3, 0.4) is 0 Å². The van der Waals surface area contributed by atoms with E-state index in [4.69, 9.17) is 15.7 Å². The van der Waals surface area contributed by atoms with Gasteiger partial charge in [-0.05, 0) is 24.7 Å². The first kappa shape index (κ1) is 11.3. The van der Waals surface area contributed by atoms with E-state index in [1.807, 2.05) is 0 Å². The van der Waals surface area contributed by atoms with Crippen molar-refractivity contribution in [3.05, 3.63) is 0 Å². The minimum absolute atomic E-state index is 0.229. The van der Waals surface area contributed by atoms with Gasteiger partial charge in [-0.1, -0.05) is 5.16 Å². The van der Waals surface area contributed by atoms with Crippen molar-refractivity contribution in [2.45, 2.75) is 19.3 Å². The van der Waals surface area contributed by atoms with Crippen molar-refractivity contribution in [3.8, 4) is 0 Å². The summed E-state index contributed by atoms with van der Waals surface area (Å²) in [6.07, 6.45) is 3.59. The zero-order valence-electron chi connectivity index (χ0n) is 8.62. The molecule has 0 aromatic heterocycles. The monoisotopic (exact) mass is 201 g/mol. The van der Waals surface area contributed by atoms with E-state index in [-0.39, 0.29) is 5.84 Å². The Morgan fingerprint density at radius 2 is 2.36 bits per heavy atom. The molecule has 0 atom stereocenters. The normalized spacial score (nSPS) is 19.6. The summed E-state index contributed by atoms with van der Waals surface area (Å²) < 4.78 is 5.05. The Morgan fingerprint density at radius 1 is 1.64 bits per heavy atom. The molecule has 0 unspecified atom stereocenters. The molecule has 0 saturated heterocycles. The minimum atomic E-state index is 0.229. The quantitative estimate of drug-likeness (QED) is 0.237. The first-order valence-electron chi connectivity index (χ1n) is 4.88. The van der Waals surface area contributed by atoms with Crippen LogP contribution in [0.5, 0.6) is 0 Å². The van der Waals surface area contributed by atoms with Gasteiger partial charge in [0.2, 0.25) is 0 Å². The van der Waals surface area contributed by atoms with Gasteiger partial charge in [0.05, 0.1) is 6.54 Å². The number of nitrogens with zero attached hydrogens (tertiary/aromatic N) is 1. The van der Waals surface area contributed by atoms with Gasteiger partial charge in [-0.15, -0.1) is 0 Å². The molecule has 1 saturated carbocycles. The molecule has 5 nitrogen and oxygen atoms in total. The van der Waals surface area contributed by atoms with Crippen LogP contribution in [0.4, 0.5) is 0 Å². The number of hydrogen-bond acceptors (Lipinski definition) is 4. The first-order valence-corrected chi connectivity index (χ1v) is 4.88. The summed E-state index contributed by atoms with van der Waals surface area (Å²) in [5.41, 5.74) is 5.74.